The second-order valence-electron chi connectivity index (χ2n) is 9.15. The number of benzene rings is 3. The fraction of sp³-hybridized carbons (Fsp3) is 0.321. The molecule has 3 atom stereocenters. The lowest BCUT2D eigenvalue weighted by atomic mass is 9.79. The first-order chi connectivity index (χ1) is 16.4. The van der Waals surface area contributed by atoms with Gasteiger partial charge in [0.05, 0.1) is 18.8 Å². The average Bonchev–Trinajstić information content (AvgIpc) is 3.34. The maximum Gasteiger partial charge on any atom is 0.325 e. The number of methoxy groups -OCH3 is 1. The third-order valence-electron chi connectivity index (χ3n) is 6.69. The molecule has 2 aliphatic rings. The predicted molar refractivity (Wildman–Crippen MR) is 140 cm³/mol. The van der Waals surface area contributed by atoms with E-state index in [9.17, 15) is 4.79 Å². The van der Waals surface area contributed by atoms with Gasteiger partial charge in [0, 0.05) is 4.43 Å². The van der Waals surface area contributed by atoms with Crippen LogP contribution in [0.5, 0.6) is 0 Å². The van der Waals surface area contributed by atoms with Crippen LogP contribution in [-0.4, -0.2) is 41.5 Å². The Hall–Kier alpha value is -2.26. The molecule has 1 heterocycles. The van der Waals surface area contributed by atoms with Crippen LogP contribution < -0.4 is 5.32 Å². The van der Waals surface area contributed by atoms with E-state index in [2.05, 4.69) is 76.4 Å². The zero-order valence-electron chi connectivity index (χ0n) is 19.5. The fourth-order valence-corrected chi connectivity index (χ4v) is 6.05. The summed E-state index contributed by atoms with van der Waals surface area (Å²) in [7, 11) is 1.42. The lowest BCUT2D eigenvalue weighted by Crippen LogP contribution is -2.59. The molecule has 0 radical (unpaired) electrons. The first-order valence-electron chi connectivity index (χ1n) is 11.4. The Labute approximate surface area is 213 Å². The molecule has 3 aromatic carbocycles. The molecular formula is C28H28INO4. The van der Waals surface area contributed by atoms with Gasteiger partial charge in [0.1, 0.15) is 12.1 Å². The molecule has 34 heavy (non-hydrogen) atoms. The number of halogens is 1. The third kappa shape index (κ3) is 3.77. The number of nitrogens with one attached hydrogen (secondary N) is 1. The van der Waals surface area contributed by atoms with Crippen LogP contribution in [0, 0.1) is 0 Å². The second-order valence-corrected chi connectivity index (χ2v) is 10.0. The summed E-state index contributed by atoms with van der Waals surface area (Å²) < 4.78 is 18.5. The highest BCUT2D eigenvalue weighted by molar-refractivity contribution is 14.1. The molecule has 0 amide bonds. The molecule has 1 aliphatic carbocycles. The maximum absolute atomic E-state index is 13.3. The van der Waals surface area contributed by atoms with Crippen molar-refractivity contribution in [3.8, 4) is 11.1 Å². The van der Waals surface area contributed by atoms with Gasteiger partial charge < -0.3 is 14.2 Å². The molecule has 1 aliphatic heterocycles. The molecule has 1 N–H and O–H groups in total. The topological polar surface area (TPSA) is 56.8 Å². The van der Waals surface area contributed by atoms with Gasteiger partial charge in [0.15, 0.2) is 5.79 Å². The van der Waals surface area contributed by atoms with Crippen molar-refractivity contribution in [1.82, 2.24) is 5.32 Å². The maximum atomic E-state index is 13.3. The molecule has 176 valence electrons. The highest BCUT2D eigenvalue weighted by Gasteiger charge is 2.53. The van der Waals surface area contributed by atoms with E-state index in [1.807, 2.05) is 44.2 Å². The highest BCUT2D eigenvalue weighted by atomic mass is 127. The first kappa shape index (κ1) is 23.5. The molecule has 5 rings (SSSR count). The minimum atomic E-state index is -0.792. The van der Waals surface area contributed by atoms with E-state index in [1.54, 1.807) is 0 Å². The lowest BCUT2D eigenvalue weighted by molar-refractivity contribution is -0.158. The monoisotopic (exact) mass is 569 g/mol. The van der Waals surface area contributed by atoms with Crippen LogP contribution in [0.4, 0.5) is 0 Å². The summed E-state index contributed by atoms with van der Waals surface area (Å²) in [5.41, 5.74) is 4.77. The molecule has 1 fully saturated rings. The minimum Gasteiger partial charge on any atom is -0.468 e. The Bertz CT molecular complexity index is 1150. The van der Waals surface area contributed by atoms with Gasteiger partial charge in [0.2, 0.25) is 0 Å². The Morgan fingerprint density at radius 2 is 1.50 bits per heavy atom. The Balaban J connectivity index is 1.73. The van der Waals surface area contributed by atoms with Crippen LogP contribution in [0.1, 0.15) is 30.5 Å². The molecule has 3 aromatic rings. The number of carbonyl (C=O) groups excluding carboxylic acids is 1. The van der Waals surface area contributed by atoms with E-state index in [0.717, 1.165) is 27.8 Å². The van der Waals surface area contributed by atoms with Crippen molar-refractivity contribution >= 4 is 28.6 Å². The van der Waals surface area contributed by atoms with Crippen molar-refractivity contribution in [2.45, 2.75) is 43.4 Å². The minimum absolute atomic E-state index is 0.257. The van der Waals surface area contributed by atoms with Crippen molar-refractivity contribution in [1.29, 1.82) is 0 Å². The Morgan fingerprint density at radius 3 is 2.06 bits per heavy atom. The van der Waals surface area contributed by atoms with Crippen LogP contribution in [-0.2, 0) is 24.5 Å². The van der Waals surface area contributed by atoms with E-state index < -0.39 is 23.5 Å². The molecule has 1 saturated heterocycles. The van der Waals surface area contributed by atoms with Gasteiger partial charge >= 0.3 is 5.97 Å². The lowest BCUT2D eigenvalue weighted by Gasteiger charge is -2.39. The molecular weight excluding hydrogens is 541 g/mol. The summed E-state index contributed by atoms with van der Waals surface area (Å²) in [5.74, 6) is -1.17. The van der Waals surface area contributed by atoms with Crippen LogP contribution >= 0.6 is 22.6 Å². The van der Waals surface area contributed by atoms with Crippen LogP contribution in [0.25, 0.3) is 11.1 Å². The number of hydrogen-bond acceptors (Lipinski definition) is 5. The van der Waals surface area contributed by atoms with Gasteiger partial charge in [-0.25, -0.2) is 0 Å². The van der Waals surface area contributed by atoms with Crippen molar-refractivity contribution in [2.75, 3.05) is 11.5 Å². The molecule has 0 aromatic heterocycles. The van der Waals surface area contributed by atoms with E-state index in [1.165, 1.54) is 7.11 Å². The molecule has 0 unspecified atom stereocenters. The summed E-state index contributed by atoms with van der Waals surface area (Å²) in [5, 5.41) is 3.77. The van der Waals surface area contributed by atoms with Gasteiger partial charge in [-0.15, -0.1) is 0 Å². The van der Waals surface area contributed by atoms with E-state index >= 15 is 0 Å². The molecule has 0 saturated carbocycles. The number of rotatable bonds is 6. The summed E-state index contributed by atoms with van der Waals surface area (Å²) in [6.07, 6.45) is -0.772. The summed E-state index contributed by atoms with van der Waals surface area (Å²) in [4.78, 5) is 13.3. The summed E-state index contributed by atoms with van der Waals surface area (Å²) >= 11 is 2.29. The number of fused-ring (bicyclic) bond motifs is 3. The van der Waals surface area contributed by atoms with Gasteiger partial charge in [0.25, 0.3) is 0 Å². The second kappa shape index (κ2) is 9.07. The van der Waals surface area contributed by atoms with Gasteiger partial charge in [-0.05, 0) is 41.7 Å². The molecule has 5 nitrogen and oxygen atoms in total. The number of carbonyl (C=O) groups is 1. The quantitative estimate of drug-likeness (QED) is 0.256. The van der Waals surface area contributed by atoms with Crippen LogP contribution in [0.15, 0.2) is 78.9 Å². The van der Waals surface area contributed by atoms with Gasteiger partial charge in [-0.3, -0.25) is 10.1 Å². The molecule has 6 heteroatoms. The highest BCUT2D eigenvalue weighted by Crippen LogP contribution is 2.51. The van der Waals surface area contributed by atoms with Crippen molar-refractivity contribution in [3.05, 3.63) is 95.6 Å². The zero-order valence-corrected chi connectivity index (χ0v) is 21.6. The summed E-state index contributed by atoms with van der Waals surface area (Å²) in [6, 6.07) is 26.3. The van der Waals surface area contributed by atoms with E-state index in [4.69, 9.17) is 14.2 Å². The smallest absolute Gasteiger partial charge is 0.325 e. The predicted octanol–water partition coefficient (Wildman–Crippen LogP) is 5.05. The number of alkyl halides is 1. The molecule has 0 spiro atoms. The third-order valence-corrected chi connectivity index (χ3v) is 7.56. The van der Waals surface area contributed by atoms with Crippen molar-refractivity contribution in [3.63, 3.8) is 0 Å². The normalized spacial score (nSPS) is 22.6. The Morgan fingerprint density at radius 1 is 0.941 bits per heavy atom. The largest absolute Gasteiger partial charge is 0.468 e. The number of esters is 1. The molecule has 0 bridgehead atoms. The van der Waals surface area contributed by atoms with E-state index in [-0.39, 0.29) is 12.1 Å². The Kier molecular flexibility index (Phi) is 6.27. The van der Waals surface area contributed by atoms with Crippen molar-refractivity contribution < 1.29 is 19.0 Å². The van der Waals surface area contributed by atoms with Gasteiger partial charge in [-0.2, -0.15) is 0 Å². The average molecular weight is 569 g/mol. The van der Waals surface area contributed by atoms with Gasteiger partial charge in [-0.1, -0.05) is 101 Å². The van der Waals surface area contributed by atoms with Crippen molar-refractivity contribution in [2.24, 2.45) is 0 Å². The standard InChI is InChI=1S/C28H28INO4/c1-27(2)33-23(17-29)25(34-27)24(26(31)32-3)30-28(18-11-5-4-6-12-18)21-15-9-7-13-19(21)20-14-8-10-16-22(20)28/h4-16,23-25,30H,17H2,1-3H3/t23-,24+,25+/m1/s1. The fourth-order valence-electron chi connectivity index (χ4n) is 5.37. The van der Waals surface area contributed by atoms with Crippen LogP contribution in [0.2, 0.25) is 0 Å². The zero-order chi connectivity index (χ0) is 23.9. The SMILES string of the molecule is COC(=O)[C@@H](NC1(c2ccccc2)c2ccccc2-c2ccccc21)[C@H]1OC(C)(C)O[C@@H]1CI. The number of ether oxygens (including phenoxy) is 3. The van der Waals surface area contributed by atoms with Crippen LogP contribution in [0.3, 0.4) is 0 Å². The first-order valence-corrected chi connectivity index (χ1v) is 13.0. The number of hydrogen-bond donors (Lipinski definition) is 1. The van der Waals surface area contributed by atoms with E-state index in [0.29, 0.717) is 4.43 Å². The summed E-state index contributed by atoms with van der Waals surface area (Å²) in [6.45, 7) is 3.77.